The molecule has 228 valence electrons. The van der Waals surface area contributed by atoms with Gasteiger partial charge in [0.1, 0.15) is 23.0 Å². The molecule has 0 atom stereocenters. The summed E-state index contributed by atoms with van der Waals surface area (Å²) in [6, 6.07) is 8.41. The predicted molar refractivity (Wildman–Crippen MR) is 158 cm³/mol. The fraction of sp³-hybridized carbons (Fsp3) is 0.133. The Morgan fingerprint density at radius 2 is 0.595 bits per heavy atom. The van der Waals surface area contributed by atoms with Crippen LogP contribution >= 0.6 is 0 Å². The minimum atomic E-state index is -0.935. The van der Waals surface area contributed by atoms with Crippen molar-refractivity contribution in [1.82, 2.24) is 0 Å². The van der Waals surface area contributed by atoms with Crippen LogP contribution in [0.1, 0.15) is 38.8 Å². The molecule has 8 N–H and O–H groups in total. The van der Waals surface area contributed by atoms with Crippen LogP contribution in [-0.4, -0.2) is 64.7 Å². The molecule has 0 unspecified atom stereocenters. The summed E-state index contributed by atoms with van der Waals surface area (Å²) >= 11 is 0. The molecule has 0 aliphatic carbocycles. The SMILES string of the molecule is C=C(C)C(=O)O.C=C(C)C(=O)O.C=C(C)C(=O)O.C=C(C)C(=O)O.Oc1cc(O)cc(C=Cc2cc(O)cc(O)c2)c1. The molecule has 2 aromatic carbocycles. The van der Waals surface area contributed by atoms with Crippen molar-refractivity contribution < 1.29 is 60.0 Å². The largest absolute Gasteiger partial charge is 0.508 e. The van der Waals surface area contributed by atoms with Crippen molar-refractivity contribution in [2.24, 2.45) is 0 Å². The minimum absolute atomic E-state index is 0.0339. The Morgan fingerprint density at radius 3 is 0.714 bits per heavy atom. The molecule has 0 bridgehead atoms. The number of carbonyl (C=O) groups is 4. The minimum Gasteiger partial charge on any atom is -0.508 e. The van der Waals surface area contributed by atoms with Crippen LogP contribution in [0.2, 0.25) is 0 Å². The average molecular weight is 589 g/mol. The fourth-order valence-corrected chi connectivity index (χ4v) is 1.62. The Labute approximate surface area is 243 Å². The third-order valence-corrected chi connectivity index (χ3v) is 3.78. The van der Waals surface area contributed by atoms with Gasteiger partial charge in [-0.15, -0.1) is 0 Å². The second kappa shape index (κ2) is 21.1. The van der Waals surface area contributed by atoms with E-state index < -0.39 is 23.9 Å². The number of phenols is 4. The molecule has 12 nitrogen and oxygen atoms in total. The molecule has 0 saturated heterocycles. The van der Waals surface area contributed by atoms with Gasteiger partial charge in [-0.3, -0.25) is 0 Å². The Bertz CT molecular complexity index is 1100. The monoisotopic (exact) mass is 588 g/mol. The van der Waals surface area contributed by atoms with Gasteiger partial charge in [-0.25, -0.2) is 19.2 Å². The van der Waals surface area contributed by atoms with Crippen molar-refractivity contribution in [3.63, 3.8) is 0 Å². The number of aromatic hydroxyl groups is 4. The van der Waals surface area contributed by atoms with E-state index in [-0.39, 0.29) is 45.3 Å². The van der Waals surface area contributed by atoms with Crippen LogP contribution in [0.25, 0.3) is 12.2 Å². The highest BCUT2D eigenvalue weighted by atomic mass is 16.4. The van der Waals surface area contributed by atoms with Crippen LogP contribution in [0, 0.1) is 0 Å². The first-order chi connectivity index (χ1) is 19.1. The van der Waals surface area contributed by atoms with Crippen LogP contribution in [0.3, 0.4) is 0 Å². The zero-order valence-electron chi connectivity index (χ0n) is 23.7. The van der Waals surface area contributed by atoms with Gasteiger partial charge in [-0.2, -0.15) is 0 Å². The third-order valence-electron chi connectivity index (χ3n) is 3.78. The number of carboxylic acid groups (broad SMARTS) is 4. The van der Waals surface area contributed by atoms with E-state index >= 15 is 0 Å². The van der Waals surface area contributed by atoms with Gasteiger partial charge in [-0.1, -0.05) is 38.5 Å². The molecule has 2 aromatic rings. The Kier molecular flexibility index (Phi) is 20.4. The lowest BCUT2D eigenvalue weighted by Gasteiger charge is -2.00. The van der Waals surface area contributed by atoms with Gasteiger partial charge in [0.15, 0.2) is 0 Å². The summed E-state index contributed by atoms with van der Waals surface area (Å²) in [5.74, 6) is -3.88. The van der Waals surface area contributed by atoms with E-state index in [1.165, 1.54) is 64.1 Å². The number of carboxylic acids is 4. The molecule has 0 aliphatic rings. The zero-order chi connectivity index (χ0) is 33.7. The van der Waals surface area contributed by atoms with Crippen LogP contribution < -0.4 is 0 Å². The summed E-state index contributed by atoms with van der Waals surface area (Å²) in [6.07, 6.45) is 3.29. The lowest BCUT2D eigenvalue weighted by molar-refractivity contribution is -0.133. The highest BCUT2D eigenvalue weighted by molar-refractivity contribution is 5.86. The van der Waals surface area contributed by atoms with E-state index in [0.717, 1.165) is 0 Å². The smallest absolute Gasteiger partial charge is 0.330 e. The molecular formula is C30H36O12. The standard InChI is InChI=1S/C14H12O4.4C4H6O2/c15-11-3-9(4-12(16)7-11)1-2-10-5-13(17)8-14(18)6-10;4*1-3(2)4(5)6/h1-8,15-18H;4*1H2,2H3,(H,5,6). The number of aliphatic carboxylic acids is 4. The highest BCUT2D eigenvalue weighted by Crippen LogP contribution is 2.24. The number of hydrogen-bond acceptors (Lipinski definition) is 8. The van der Waals surface area contributed by atoms with E-state index in [1.807, 2.05) is 0 Å². The van der Waals surface area contributed by atoms with Crippen molar-refractivity contribution in [1.29, 1.82) is 0 Å². The van der Waals surface area contributed by atoms with Gasteiger partial charge in [0.05, 0.1) is 0 Å². The van der Waals surface area contributed by atoms with E-state index in [1.54, 1.807) is 12.2 Å². The number of phenolic OH excluding ortho intramolecular Hbond substituents is 4. The van der Waals surface area contributed by atoms with Crippen molar-refractivity contribution in [3.05, 3.63) is 96.1 Å². The summed E-state index contributed by atoms with van der Waals surface area (Å²) in [5.41, 5.74) is 1.92. The number of hydrogen-bond donors (Lipinski definition) is 8. The quantitative estimate of drug-likeness (QED) is 0.159. The number of benzene rings is 2. The molecule has 0 heterocycles. The zero-order valence-corrected chi connectivity index (χ0v) is 23.7. The maximum absolute atomic E-state index is 9.60. The van der Waals surface area contributed by atoms with Crippen molar-refractivity contribution in [2.45, 2.75) is 27.7 Å². The normalized spacial score (nSPS) is 8.95. The molecular weight excluding hydrogens is 552 g/mol. The van der Waals surface area contributed by atoms with E-state index in [9.17, 15) is 39.6 Å². The fourth-order valence-electron chi connectivity index (χ4n) is 1.62. The van der Waals surface area contributed by atoms with Gasteiger partial charge in [-0.05, 0) is 63.1 Å². The molecule has 0 spiro atoms. The predicted octanol–water partition coefficient (Wildman–Crippen LogP) is 5.27. The van der Waals surface area contributed by atoms with Crippen molar-refractivity contribution in [3.8, 4) is 23.0 Å². The van der Waals surface area contributed by atoms with E-state index in [2.05, 4.69) is 26.3 Å². The van der Waals surface area contributed by atoms with Crippen LogP contribution in [0.15, 0.2) is 85.0 Å². The topological polar surface area (TPSA) is 230 Å². The molecule has 0 radical (unpaired) electrons. The first-order valence-corrected chi connectivity index (χ1v) is 11.4. The van der Waals surface area contributed by atoms with Crippen molar-refractivity contribution >= 4 is 36.0 Å². The van der Waals surface area contributed by atoms with Gasteiger partial charge in [0.25, 0.3) is 0 Å². The third kappa shape index (κ3) is 24.6. The Balaban J connectivity index is -0.000000525. The number of rotatable bonds is 6. The maximum atomic E-state index is 9.60. The van der Waals surface area contributed by atoms with Gasteiger partial charge < -0.3 is 40.9 Å². The summed E-state index contributed by atoms with van der Waals surface area (Å²) in [5, 5.41) is 68.8. The molecule has 42 heavy (non-hydrogen) atoms. The molecule has 2 rings (SSSR count). The van der Waals surface area contributed by atoms with Gasteiger partial charge in [0, 0.05) is 34.4 Å². The second-order valence-electron chi connectivity index (χ2n) is 8.24. The molecule has 12 heteroatoms. The lowest BCUT2D eigenvalue weighted by Crippen LogP contribution is -1.92. The van der Waals surface area contributed by atoms with Crippen LogP contribution in [0.5, 0.6) is 23.0 Å². The van der Waals surface area contributed by atoms with E-state index in [0.29, 0.717) is 11.1 Å². The lowest BCUT2D eigenvalue weighted by atomic mass is 10.1. The molecule has 0 amide bonds. The van der Waals surface area contributed by atoms with Gasteiger partial charge >= 0.3 is 23.9 Å². The Hall–Kier alpha value is -5.78. The molecule has 0 fully saturated rings. The summed E-state index contributed by atoms with van der Waals surface area (Å²) in [4.78, 5) is 38.4. The van der Waals surface area contributed by atoms with E-state index in [4.69, 9.17) is 20.4 Å². The van der Waals surface area contributed by atoms with Crippen LogP contribution in [-0.2, 0) is 19.2 Å². The highest BCUT2D eigenvalue weighted by Gasteiger charge is 1.98. The molecule has 0 aromatic heterocycles. The second-order valence-corrected chi connectivity index (χ2v) is 8.24. The summed E-state index contributed by atoms with van der Waals surface area (Å²) < 4.78 is 0. The molecule has 0 saturated carbocycles. The van der Waals surface area contributed by atoms with Gasteiger partial charge in [0.2, 0.25) is 0 Å². The average Bonchev–Trinajstić information content (AvgIpc) is 2.83. The van der Waals surface area contributed by atoms with Crippen LogP contribution in [0.4, 0.5) is 0 Å². The van der Waals surface area contributed by atoms with Crippen molar-refractivity contribution in [2.75, 3.05) is 0 Å². The molecule has 0 aliphatic heterocycles. The Morgan fingerprint density at radius 1 is 0.452 bits per heavy atom. The first kappa shape index (κ1) is 40.7. The summed E-state index contributed by atoms with van der Waals surface area (Å²) in [6.45, 7) is 18.4. The maximum Gasteiger partial charge on any atom is 0.330 e. The summed E-state index contributed by atoms with van der Waals surface area (Å²) in [7, 11) is 0. The first-order valence-electron chi connectivity index (χ1n) is 11.4.